The number of amides is 2. The molecule has 33 heavy (non-hydrogen) atoms. The molecule has 1 aliphatic rings. The van der Waals surface area contributed by atoms with Crippen LogP contribution < -0.4 is 0 Å². The highest BCUT2D eigenvalue weighted by Crippen LogP contribution is 2.52. The van der Waals surface area contributed by atoms with Gasteiger partial charge in [-0.1, -0.05) is 39.8 Å². The zero-order valence-electron chi connectivity index (χ0n) is 21.1. The van der Waals surface area contributed by atoms with Crippen LogP contribution in [0.3, 0.4) is 0 Å². The van der Waals surface area contributed by atoms with Gasteiger partial charge in [0.25, 0.3) is 11.8 Å². The molecule has 2 aromatic rings. The van der Waals surface area contributed by atoms with Crippen LogP contribution >= 0.6 is 0 Å². The van der Waals surface area contributed by atoms with Gasteiger partial charge in [-0.15, -0.1) is 0 Å². The number of piperidine rings is 1. The third-order valence-corrected chi connectivity index (χ3v) is 8.23. The summed E-state index contributed by atoms with van der Waals surface area (Å²) in [7, 11) is 1.80. The number of hydrogen-bond acceptors (Lipinski definition) is 3. The zero-order chi connectivity index (χ0) is 24.6. The van der Waals surface area contributed by atoms with E-state index in [1.165, 1.54) is 0 Å². The molecule has 0 aromatic heterocycles. The highest BCUT2D eigenvalue weighted by molar-refractivity contribution is 5.98. The lowest BCUT2D eigenvalue weighted by Gasteiger charge is -2.56. The van der Waals surface area contributed by atoms with Crippen LogP contribution in [0, 0.1) is 12.3 Å². The summed E-state index contributed by atoms with van der Waals surface area (Å²) in [5, 5.41) is 10.3. The number of benzene rings is 2. The fraction of sp³-hybridized carbons (Fsp3) is 0.500. The number of carbonyl (C=O) groups is 2. The van der Waals surface area contributed by atoms with E-state index >= 15 is 0 Å². The van der Waals surface area contributed by atoms with Gasteiger partial charge in [0.15, 0.2) is 0 Å². The molecular formula is C28H38N2O3. The molecule has 1 N–H and O–H groups in total. The predicted molar refractivity (Wildman–Crippen MR) is 133 cm³/mol. The SMILES string of the molecule is CCCN(C)C(=O)c1ccc(C(=O)N2CC[C@@](C)(c3cccc(O)c3C)C(C)(C)[C@H]2C)cc1. The lowest BCUT2D eigenvalue weighted by Crippen LogP contribution is -2.60. The second-order valence-electron chi connectivity index (χ2n) is 10.2. The van der Waals surface area contributed by atoms with Gasteiger partial charge in [-0.2, -0.15) is 0 Å². The first-order valence-corrected chi connectivity index (χ1v) is 11.9. The Morgan fingerprint density at radius 2 is 1.70 bits per heavy atom. The summed E-state index contributed by atoms with van der Waals surface area (Å²) in [6.45, 7) is 14.1. The number of phenols is 1. The number of aromatic hydroxyl groups is 1. The Morgan fingerprint density at radius 3 is 2.30 bits per heavy atom. The maximum absolute atomic E-state index is 13.5. The molecule has 5 nitrogen and oxygen atoms in total. The Labute approximate surface area is 198 Å². The topological polar surface area (TPSA) is 60.9 Å². The van der Waals surface area contributed by atoms with Gasteiger partial charge in [-0.05, 0) is 73.6 Å². The van der Waals surface area contributed by atoms with Crippen LogP contribution in [-0.4, -0.2) is 52.9 Å². The maximum Gasteiger partial charge on any atom is 0.254 e. The molecule has 2 amide bonds. The fourth-order valence-corrected chi connectivity index (χ4v) is 5.27. The van der Waals surface area contributed by atoms with Crippen molar-refractivity contribution in [2.45, 2.75) is 65.8 Å². The average molecular weight is 451 g/mol. The molecule has 1 saturated heterocycles. The van der Waals surface area contributed by atoms with Gasteiger partial charge < -0.3 is 14.9 Å². The average Bonchev–Trinajstić information content (AvgIpc) is 2.79. The van der Waals surface area contributed by atoms with Gasteiger partial charge in [0.1, 0.15) is 5.75 Å². The lowest BCUT2D eigenvalue weighted by molar-refractivity contribution is -0.00999. The van der Waals surface area contributed by atoms with Crippen LogP contribution in [0.1, 0.15) is 79.3 Å². The van der Waals surface area contributed by atoms with Crippen molar-refractivity contribution in [3.8, 4) is 5.75 Å². The maximum atomic E-state index is 13.5. The summed E-state index contributed by atoms with van der Waals surface area (Å²) in [6.07, 6.45) is 1.71. The van der Waals surface area contributed by atoms with Crippen molar-refractivity contribution >= 4 is 11.8 Å². The quantitative estimate of drug-likeness (QED) is 0.663. The molecule has 2 aromatic carbocycles. The van der Waals surface area contributed by atoms with E-state index in [1.54, 1.807) is 42.3 Å². The molecule has 0 aliphatic carbocycles. The predicted octanol–water partition coefficient (Wildman–Crippen LogP) is 5.40. The molecule has 178 valence electrons. The van der Waals surface area contributed by atoms with E-state index < -0.39 is 0 Å². The first-order valence-electron chi connectivity index (χ1n) is 11.9. The van der Waals surface area contributed by atoms with E-state index in [1.807, 2.05) is 24.8 Å². The van der Waals surface area contributed by atoms with Gasteiger partial charge in [-0.25, -0.2) is 0 Å². The van der Waals surface area contributed by atoms with Crippen LogP contribution in [0.4, 0.5) is 0 Å². The van der Waals surface area contributed by atoms with Crippen molar-refractivity contribution in [1.29, 1.82) is 0 Å². The first-order chi connectivity index (χ1) is 15.5. The minimum atomic E-state index is -0.224. The molecule has 0 saturated carbocycles. The number of phenolic OH excluding ortho intramolecular Hbond substituents is 1. The van der Waals surface area contributed by atoms with Crippen LogP contribution in [0.25, 0.3) is 0 Å². The Balaban J connectivity index is 1.84. The molecule has 0 bridgehead atoms. The molecule has 1 heterocycles. The molecule has 1 aliphatic heterocycles. The number of carbonyl (C=O) groups excluding carboxylic acids is 2. The van der Waals surface area contributed by atoms with Gasteiger partial charge in [0.2, 0.25) is 0 Å². The summed E-state index contributed by atoms with van der Waals surface area (Å²) in [4.78, 5) is 29.7. The Hall–Kier alpha value is -2.82. The van der Waals surface area contributed by atoms with Gasteiger partial charge in [0.05, 0.1) is 0 Å². The van der Waals surface area contributed by atoms with E-state index in [9.17, 15) is 14.7 Å². The van der Waals surface area contributed by atoms with E-state index in [4.69, 9.17) is 0 Å². The van der Waals surface area contributed by atoms with Crippen molar-refractivity contribution in [2.24, 2.45) is 5.41 Å². The molecule has 0 unspecified atom stereocenters. The minimum absolute atomic E-state index is 0.00818. The lowest BCUT2D eigenvalue weighted by atomic mass is 9.55. The van der Waals surface area contributed by atoms with Crippen molar-refractivity contribution in [1.82, 2.24) is 9.80 Å². The Bertz CT molecular complexity index is 1030. The van der Waals surface area contributed by atoms with E-state index in [0.29, 0.717) is 30.0 Å². The van der Waals surface area contributed by atoms with E-state index in [-0.39, 0.29) is 28.7 Å². The monoisotopic (exact) mass is 450 g/mol. The summed E-state index contributed by atoms with van der Waals surface area (Å²) in [5.41, 5.74) is 2.84. The smallest absolute Gasteiger partial charge is 0.254 e. The van der Waals surface area contributed by atoms with E-state index in [0.717, 1.165) is 24.0 Å². The van der Waals surface area contributed by atoms with Crippen molar-refractivity contribution in [2.75, 3.05) is 20.1 Å². The van der Waals surface area contributed by atoms with Gasteiger partial charge >= 0.3 is 0 Å². The first kappa shape index (κ1) is 24.8. The van der Waals surface area contributed by atoms with Crippen molar-refractivity contribution in [3.05, 3.63) is 64.7 Å². The summed E-state index contributed by atoms with van der Waals surface area (Å²) in [5.74, 6) is 0.279. The van der Waals surface area contributed by atoms with Gasteiger partial charge in [-0.3, -0.25) is 9.59 Å². The molecule has 5 heteroatoms. The molecular weight excluding hydrogens is 412 g/mol. The molecule has 3 rings (SSSR count). The Morgan fingerprint density at radius 1 is 1.09 bits per heavy atom. The standard InChI is InChI=1S/C28H38N2O3/c1-8-17-29(7)25(32)21-12-14-22(15-13-21)26(33)30-18-16-28(6,27(4,5)20(30)3)23-10-9-11-24(31)19(23)2/h9-15,20,31H,8,16-18H2,1-7H3/t20-,28+/m1/s1. The summed E-state index contributed by atoms with van der Waals surface area (Å²) >= 11 is 0. The summed E-state index contributed by atoms with van der Waals surface area (Å²) in [6, 6.07) is 12.8. The normalized spacial score (nSPS) is 22.2. The number of hydrogen-bond donors (Lipinski definition) is 1. The Kier molecular flexibility index (Phi) is 6.92. The van der Waals surface area contributed by atoms with Crippen LogP contribution in [-0.2, 0) is 5.41 Å². The minimum Gasteiger partial charge on any atom is -0.508 e. The number of rotatable bonds is 5. The molecule has 2 atom stereocenters. The van der Waals surface area contributed by atoms with E-state index in [2.05, 4.69) is 33.8 Å². The third kappa shape index (κ3) is 4.25. The summed E-state index contributed by atoms with van der Waals surface area (Å²) < 4.78 is 0. The molecule has 1 fully saturated rings. The highest BCUT2D eigenvalue weighted by Gasteiger charge is 2.52. The fourth-order valence-electron chi connectivity index (χ4n) is 5.27. The van der Waals surface area contributed by atoms with Crippen LogP contribution in [0.15, 0.2) is 42.5 Å². The van der Waals surface area contributed by atoms with Crippen LogP contribution in [0.5, 0.6) is 5.75 Å². The third-order valence-electron chi connectivity index (χ3n) is 8.23. The number of likely N-dealkylation sites (tertiary alicyclic amines) is 1. The van der Waals surface area contributed by atoms with Crippen molar-refractivity contribution < 1.29 is 14.7 Å². The number of nitrogens with zero attached hydrogens (tertiary/aromatic N) is 2. The second-order valence-corrected chi connectivity index (χ2v) is 10.2. The molecule has 0 spiro atoms. The van der Waals surface area contributed by atoms with Crippen molar-refractivity contribution in [3.63, 3.8) is 0 Å². The largest absolute Gasteiger partial charge is 0.508 e. The van der Waals surface area contributed by atoms with Gasteiger partial charge in [0, 0.05) is 42.7 Å². The zero-order valence-corrected chi connectivity index (χ0v) is 21.1. The second kappa shape index (κ2) is 9.20. The highest BCUT2D eigenvalue weighted by atomic mass is 16.3. The van der Waals surface area contributed by atoms with Crippen LogP contribution in [0.2, 0.25) is 0 Å². The molecule has 0 radical (unpaired) electrons.